The van der Waals surface area contributed by atoms with Crippen molar-refractivity contribution < 1.29 is 9.90 Å². The lowest BCUT2D eigenvalue weighted by molar-refractivity contribution is -0.135. The highest BCUT2D eigenvalue weighted by atomic mass is 16.3. The molecule has 2 rings (SSSR count). The van der Waals surface area contributed by atoms with Crippen LogP contribution < -0.4 is 5.32 Å². The normalized spacial score (nSPS) is 29.3. The van der Waals surface area contributed by atoms with Gasteiger partial charge in [-0.3, -0.25) is 4.79 Å². The number of likely N-dealkylation sites (tertiary alicyclic amines) is 1. The van der Waals surface area contributed by atoms with Crippen molar-refractivity contribution in [2.75, 3.05) is 19.7 Å². The molecule has 2 heterocycles. The quantitative estimate of drug-likeness (QED) is 0.794. The number of rotatable bonds is 4. The number of hydrogen-bond acceptors (Lipinski definition) is 3. The molecule has 104 valence electrons. The zero-order valence-electron chi connectivity index (χ0n) is 11.2. The molecule has 0 spiro atoms. The molecular weight excluding hydrogens is 228 g/mol. The highest BCUT2D eigenvalue weighted by molar-refractivity contribution is 5.77. The molecule has 0 aliphatic carbocycles. The Bertz CT molecular complexity index is 263. The van der Waals surface area contributed by atoms with Crippen LogP contribution in [0.1, 0.15) is 51.4 Å². The number of nitrogens with one attached hydrogen (secondary N) is 1. The molecular formula is C14H26N2O2. The number of amides is 1. The van der Waals surface area contributed by atoms with E-state index in [4.69, 9.17) is 5.11 Å². The number of carbonyl (C=O) groups is 1. The van der Waals surface area contributed by atoms with Crippen molar-refractivity contribution in [3.05, 3.63) is 0 Å². The summed E-state index contributed by atoms with van der Waals surface area (Å²) in [5.74, 6) is 0.285. The van der Waals surface area contributed by atoms with E-state index in [1.165, 1.54) is 19.3 Å². The van der Waals surface area contributed by atoms with Gasteiger partial charge < -0.3 is 15.3 Å². The fourth-order valence-corrected chi connectivity index (χ4v) is 3.20. The van der Waals surface area contributed by atoms with E-state index in [-0.39, 0.29) is 18.6 Å². The summed E-state index contributed by atoms with van der Waals surface area (Å²) < 4.78 is 0. The lowest BCUT2D eigenvalue weighted by Crippen LogP contribution is -2.47. The Morgan fingerprint density at radius 1 is 1.22 bits per heavy atom. The van der Waals surface area contributed by atoms with Gasteiger partial charge in [-0.25, -0.2) is 0 Å². The largest absolute Gasteiger partial charge is 0.396 e. The first-order valence-electron chi connectivity index (χ1n) is 7.45. The van der Waals surface area contributed by atoms with Gasteiger partial charge >= 0.3 is 0 Å². The molecule has 2 atom stereocenters. The predicted octanol–water partition coefficient (Wildman–Crippen LogP) is 1.28. The number of piperidine rings is 2. The van der Waals surface area contributed by atoms with Gasteiger partial charge in [0.25, 0.3) is 0 Å². The summed E-state index contributed by atoms with van der Waals surface area (Å²) in [5.41, 5.74) is 0. The molecule has 4 nitrogen and oxygen atoms in total. The smallest absolute Gasteiger partial charge is 0.224 e. The molecule has 2 fully saturated rings. The molecule has 2 aliphatic rings. The predicted molar refractivity (Wildman–Crippen MR) is 71.3 cm³/mol. The van der Waals surface area contributed by atoms with Crippen molar-refractivity contribution in [2.45, 2.75) is 63.5 Å². The van der Waals surface area contributed by atoms with Crippen molar-refractivity contribution in [2.24, 2.45) is 0 Å². The standard InChI is InChI=1S/C14H26N2O2/c17-10-7-13-6-2-4-9-16(13)14(18)11-12-5-1-3-8-15-12/h12-13,15,17H,1-11H2. The molecule has 2 aliphatic heterocycles. The van der Waals surface area contributed by atoms with Crippen molar-refractivity contribution in [3.63, 3.8) is 0 Å². The van der Waals surface area contributed by atoms with Crippen molar-refractivity contribution in [1.29, 1.82) is 0 Å². The van der Waals surface area contributed by atoms with Crippen LogP contribution in [0, 0.1) is 0 Å². The van der Waals surface area contributed by atoms with E-state index in [2.05, 4.69) is 5.32 Å². The summed E-state index contributed by atoms with van der Waals surface area (Å²) in [4.78, 5) is 14.4. The lowest BCUT2D eigenvalue weighted by Gasteiger charge is -2.37. The van der Waals surface area contributed by atoms with Gasteiger partial charge in [-0.2, -0.15) is 0 Å². The van der Waals surface area contributed by atoms with Gasteiger partial charge in [0.15, 0.2) is 0 Å². The molecule has 0 saturated carbocycles. The average molecular weight is 254 g/mol. The fraction of sp³-hybridized carbons (Fsp3) is 0.929. The second kappa shape index (κ2) is 7.10. The maximum absolute atomic E-state index is 12.4. The summed E-state index contributed by atoms with van der Waals surface area (Å²) >= 11 is 0. The topological polar surface area (TPSA) is 52.6 Å². The third kappa shape index (κ3) is 3.69. The van der Waals surface area contributed by atoms with Crippen molar-refractivity contribution >= 4 is 5.91 Å². The minimum atomic E-state index is 0.191. The molecule has 0 aromatic carbocycles. The van der Waals surface area contributed by atoms with Crippen LogP contribution >= 0.6 is 0 Å². The van der Waals surface area contributed by atoms with E-state index in [0.29, 0.717) is 12.5 Å². The number of nitrogens with zero attached hydrogens (tertiary/aromatic N) is 1. The second-order valence-corrected chi connectivity index (χ2v) is 5.60. The van der Waals surface area contributed by atoms with Crippen LogP contribution in [0.2, 0.25) is 0 Å². The van der Waals surface area contributed by atoms with Crippen molar-refractivity contribution in [1.82, 2.24) is 10.2 Å². The molecule has 2 saturated heterocycles. The van der Waals surface area contributed by atoms with E-state index in [9.17, 15) is 4.79 Å². The van der Waals surface area contributed by atoms with Gasteiger partial charge in [0.2, 0.25) is 5.91 Å². The van der Waals surface area contributed by atoms with Gasteiger partial charge in [-0.1, -0.05) is 6.42 Å². The molecule has 0 aromatic rings. The number of carbonyl (C=O) groups excluding carboxylic acids is 1. The monoisotopic (exact) mass is 254 g/mol. The third-order valence-corrected chi connectivity index (χ3v) is 4.24. The Morgan fingerprint density at radius 3 is 2.78 bits per heavy atom. The highest BCUT2D eigenvalue weighted by Gasteiger charge is 2.28. The number of aliphatic hydroxyl groups is 1. The first-order valence-corrected chi connectivity index (χ1v) is 7.45. The Hall–Kier alpha value is -0.610. The highest BCUT2D eigenvalue weighted by Crippen LogP contribution is 2.21. The minimum absolute atomic E-state index is 0.191. The van der Waals surface area contributed by atoms with Gasteiger partial charge in [0.1, 0.15) is 0 Å². The molecule has 0 bridgehead atoms. The fourth-order valence-electron chi connectivity index (χ4n) is 3.20. The molecule has 0 aromatic heterocycles. The SMILES string of the molecule is O=C(CC1CCCCN1)N1CCCCC1CCO. The Kier molecular flexibility index (Phi) is 5.45. The van der Waals surface area contributed by atoms with E-state index in [1.54, 1.807) is 0 Å². The van der Waals surface area contributed by atoms with Gasteiger partial charge in [0, 0.05) is 31.7 Å². The van der Waals surface area contributed by atoms with Crippen LogP contribution in [-0.2, 0) is 4.79 Å². The number of aliphatic hydroxyl groups excluding tert-OH is 1. The first-order chi connectivity index (χ1) is 8.81. The zero-order chi connectivity index (χ0) is 12.8. The van der Waals surface area contributed by atoms with Crippen molar-refractivity contribution in [3.8, 4) is 0 Å². The maximum Gasteiger partial charge on any atom is 0.224 e. The van der Waals surface area contributed by atoms with Gasteiger partial charge in [0.05, 0.1) is 0 Å². The molecule has 2 N–H and O–H groups in total. The summed E-state index contributed by atoms with van der Waals surface area (Å²) in [5, 5.41) is 12.5. The van der Waals surface area contributed by atoms with Crippen LogP contribution in [0.5, 0.6) is 0 Å². The van der Waals surface area contributed by atoms with Crippen LogP contribution in [0.25, 0.3) is 0 Å². The average Bonchev–Trinajstić information content (AvgIpc) is 2.41. The summed E-state index contributed by atoms with van der Waals surface area (Å²) in [7, 11) is 0. The maximum atomic E-state index is 12.4. The Labute approximate surface area is 110 Å². The minimum Gasteiger partial charge on any atom is -0.396 e. The van der Waals surface area contributed by atoms with Gasteiger partial charge in [-0.15, -0.1) is 0 Å². The van der Waals surface area contributed by atoms with Crippen LogP contribution in [-0.4, -0.2) is 47.7 Å². The molecule has 1 amide bonds. The zero-order valence-corrected chi connectivity index (χ0v) is 11.2. The lowest BCUT2D eigenvalue weighted by atomic mass is 9.97. The first kappa shape index (κ1) is 13.8. The van der Waals surface area contributed by atoms with E-state index in [1.807, 2.05) is 4.90 Å². The molecule has 0 radical (unpaired) electrons. The van der Waals surface area contributed by atoms with E-state index >= 15 is 0 Å². The third-order valence-electron chi connectivity index (χ3n) is 4.24. The molecule has 4 heteroatoms. The van der Waals surface area contributed by atoms with Crippen LogP contribution in [0.3, 0.4) is 0 Å². The van der Waals surface area contributed by atoms with E-state index in [0.717, 1.165) is 38.8 Å². The summed E-state index contributed by atoms with van der Waals surface area (Å²) in [6.45, 7) is 2.13. The summed E-state index contributed by atoms with van der Waals surface area (Å²) in [6.07, 6.45) is 8.36. The molecule has 2 unspecified atom stereocenters. The Morgan fingerprint density at radius 2 is 2.06 bits per heavy atom. The second-order valence-electron chi connectivity index (χ2n) is 5.60. The van der Waals surface area contributed by atoms with Crippen LogP contribution in [0.4, 0.5) is 0 Å². The van der Waals surface area contributed by atoms with Crippen LogP contribution in [0.15, 0.2) is 0 Å². The van der Waals surface area contributed by atoms with Gasteiger partial charge in [-0.05, 0) is 45.1 Å². The molecule has 18 heavy (non-hydrogen) atoms. The summed E-state index contributed by atoms with van der Waals surface area (Å²) in [6, 6.07) is 0.655. The number of hydrogen-bond donors (Lipinski definition) is 2. The Balaban J connectivity index is 1.84. The van der Waals surface area contributed by atoms with E-state index < -0.39 is 0 Å².